The fourth-order valence-corrected chi connectivity index (χ4v) is 5.19. The molecule has 156 valence electrons. The van der Waals surface area contributed by atoms with Crippen LogP contribution in [0.2, 0.25) is 0 Å². The molecule has 2 aromatic rings. The molecule has 1 aromatic heterocycles. The van der Waals surface area contributed by atoms with Crippen molar-refractivity contribution in [1.82, 2.24) is 15.0 Å². The fraction of sp³-hybridized carbons (Fsp3) is 0.652. The lowest BCUT2D eigenvalue weighted by molar-refractivity contribution is 0.111. The van der Waals surface area contributed by atoms with Crippen molar-refractivity contribution in [3.63, 3.8) is 0 Å². The van der Waals surface area contributed by atoms with Gasteiger partial charge in [-0.15, -0.1) is 0 Å². The summed E-state index contributed by atoms with van der Waals surface area (Å²) < 4.78 is 17.4. The average molecular weight is 398 g/mol. The molecule has 1 aliphatic carbocycles. The van der Waals surface area contributed by atoms with Crippen LogP contribution < -0.4 is 9.47 Å². The number of hydrogen-bond donors (Lipinski definition) is 0. The first-order valence-electron chi connectivity index (χ1n) is 10.9. The molecule has 0 saturated heterocycles. The molecule has 0 bridgehead atoms. The fourth-order valence-electron chi connectivity index (χ4n) is 5.19. The number of fused-ring (bicyclic) bond motifs is 3. The van der Waals surface area contributed by atoms with Gasteiger partial charge in [-0.2, -0.15) is 4.98 Å². The van der Waals surface area contributed by atoms with Gasteiger partial charge < -0.3 is 14.0 Å². The topological polar surface area (TPSA) is 60.6 Å². The lowest BCUT2D eigenvalue weighted by atomic mass is 9.71. The molecule has 6 heteroatoms. The van der Waals surface area contributed by atoms with Gasteiger partial charge in [0, 0.05) is 23.4 Å². The zero-order valence-electron chi connectivity index (χ0n) is 18.0. The number of nitrogens with zero attached hydrogens (tertiary/aromatic N) is 3. The predicted molar refractivity (Wildman–Crippen MR) is 109 cm³/mol. The second-order valence-corrected chi connectivity index (χ2v) is 9.91. The molecule has 1 spiro atoms. The second-order valence-electron chi connectivity index (χ2n) is 9.91. The molecule has 1 fully saturated rings. The number of aromatic nitrogens is 2. The van der Waals surface area contributed by atoms with Gasteiger partial charge in [0.1, 0.15) is 13.2 Å². The summed E-state index contributed by atoms with van der Waals surface area (Å²) in [6.07, 6.45) is 5.01. The minimum Gasteiger partial charge on any atom is -0.486 e. The highest BCUT2D eigenvalue weighted by Crippen LogP contribution is 2.52. The van der Waals surface area contributed by atoms with Crippen LogP contribution in [0.3, 0.4) is 0 Å². The van der Waals surface area contributed by atoms with Crippen LogP contribution in [0, 0.1) is 0 Å². The van der Waals surface area contributed by atoms with Gasteiger partial charge in [0.25, 0.3) is 0 Å². The van der Waals surface area contributed by atoms with E-state index in [-0.39, 0.29) is 16.9 Å². The van der Waals surface area contributed by atoms with Crippen LogP contribution in [-0.2, 0) is 17.4 Å². The largest absolute Gasteiger partial charge is 0.486 e. The highest BCUT2D eigenvalue weighted by molar-refractivity contribution is 5.53. The van der Waals surface area contributed by atoms with E-state index in [9.17, 15) is 0 Å². The summed E-state index contributed by atoms with van der Waals surface area (Å²) in [4.78, 5) is 7.19. The van der Waals surface area contributed by atoms with Gasteiger partial charge in [-0.25, -0.2) is 0 Å². The first-order valence-corrected chi connectivity index (χ1v) is 10.9. The van der Waals surface area contributed by atoms with Crippen LogP contribution in [0.15, 0.2) is 16.7 Å². The highest BCUT2D eigenvalue weighted by atomic mass is 16.6. The molecule has 1 atom stereocenters. The van der Waals surface area contributed by atoms with Crippen LogP contribution in [0.1, 0.15) is 82.3 Å². The Morgan fingerprint density at radius 3 is 2.45 bits per heavy atom. The minimum absolute atomic E-state index is 0.106. The van der Waals surface area contributed by atoms with Crippen molar-refractivity contribution in [2.75, 3.05) is 19.8 Å². The van der Waals surface area contributed by atoms with Crippen molar-refractivity contribution in [3.05, 3.63) is 35.0 Å². The summed E-state index contributed by atoms with van der Waals surface area (Å²) in [6.45, 7) is 11.6. The molecule has 2 aliphatic heterocycles. The van der Waals surface area contributed by atoms with Crippen molar-refractivity contribution < 1.29 is 14.0 Å². The molecule has 0 amide bonds. The molecule has 5 rings (SSSR count). The Balaban J connectivity index is 1.50. The van der Waals surface area contributed by atoms with Gasteiger partial charge in [0.2, 0.25) is 5.89 Å². The smallest absolute Gasteiger partial charge is 0.240 e. The Morgan fingerprint density at radius 1 is 1.10 bits per heavy atom. The summed E-state index contributed by atoms with van der Waals surface area (Å²) >= 11 is 0. The molecule has 0 radical (unpaired) electrons. The highest BCUT2D eigenvalue weighted by Gasteiger charge is 2.45. The van der Waals surface area contributed by atoms with E-state index in [1.807, 2.05) is 0 Å². The lowest BCUT2D eigenvalue weighted by Crippen LogP contribution is -2.45. The molecule has 0 N–H and O–H groups in total. The first kappa shape index (κ1) is 18.9. The Bertz CT molecular complexity index is 909. The summed E-state index contributed by atoms with van der Waals surface area (Å²) in [5, 5.41) is 4.22. The van der Waals surface area contributed by atoms with E-state index in [0.29, 0.717) is 25.6 Å². The van der Waals surface area contributed by atoms with Gasteiger partial charge in [-0.05, 0) is 43.0 Å². The maximum absolute atomic E-state index is 5.91. The number of benzene rings is 1. The monoisotopic (exact) mass is 397 g/mol. The van der Waals surface area contributed by atoms with Crippen molar-refractivity contribution in [2.45, 2.75) is 76.8 Å². The van der Waals surface area contributed by atoms with Gasteiger partial charge in [-0.3, -0.25) is 4.90 Å². The van der Waals surface area contributed by atoms with E-state index in [1.54, 1.807) is 0 Å². The van der Waals surface area contributed by atoms with Crippen LogP contribution in [0.5, 0.6) is 11.5 Å². The number of hydrogen-bond acceptors (Lipinski definition) is 6. The molecule has 29 heavy (non-hydrogen) atoms. The Kier molecular flexibility index (Phi) is 4.39. The Morgan fingerprint density at radius 2 is 1.79 bits per heavy atom. The summed E-state index contributed by atoms with van der Waals surface area (Å²) in [7, 11) is 0. The van der Waals surface area contributed by atoms with Crippen molar-refractivity contribution in [2.24, 2.45) is 0 Å². The van der Waals surface area contributed by atoms with Crippen LogP contribution in [0.4, 0.5) is 0 Å². The zero-order valence-corrected chi connectivity index (χ0v) is 18.0. The SMILES string of the molecule is CC1c2cc3c(cc2C2(CCCC2)CN1Cc1nc(C(C)(C)C)no1)OCCO3. The van der Waals surface area contributed by atoms with E-state index in [2.05, 4.69) is 54.9 Å². The molecule has 1 saturated carbocycles. The van der Waals surface area contributed by atoms with E-state index in [1.165, 1.54) is 36.8 Å². The second kappa shape index (κ2) is 6.73. The maximum atomic E-state index is 5.91. The molecule has 3 aliphatic rings. The standard InChI is InChI=1S/C23H31N3O3/c1-15-16-11-18-19(28-10-9-27-18)12-17(16)23(7-5-6-8-23)14-26(15)13-20-24-21(25-29-20)22(2,3)4/h11-12,15H,5-10,13-14H2,1-4H3. The zero-order chi connectivity index (χ0) is 20.2. The van der Waals surface area contributed by atoms with Gasteiger partial charge in [0.05, 0.1) is 6.54 Å². The third-order valence-corrected chi connectivity index (χ3v) is 6.83. The van der Waals surface area contributed by atoms with Gasteiger partial charge >= 0.3 is 0 Å². The summed E-state index contributed by atoms with van der Waals surface area (Å²) in [5.41, 5.74) is 2.90. The molecular formula is C23H31N3O3. The molecular weight excluding hydrogens is 366 g/mol. The van der Waals surface area contributed by atoms with Crippen LogP contribution in [-0.4, -0.2) is 34.8 Å². The van der Waals surface area contributed by atoms with Crippen molar-refractivity contribution in [3.8, 4) is 11.5 Å². The van der Waals surface area contributed by atoms with E-state index in [4.69, 9.17) is 14.0 Å². The van der Waals surface area contributed by atoms with Crippen LogP contribution in [0.25, 0.3) is 0 Å². The average Bonchev–Trinajstić information content (AvgIpc) is 3.35. The van der Waals surface area contributed by atoms with E-state index < -0.39 is 0 Å². The minimum atomic E-state index is -0.106. The number of rotatable bonds is 2. The maximum Gasteiger partial charge on any atom is 0.240 e. The van der Waals surface area contributed by atoms with E-state index >= 15 is 0 Å². The third kappa shape index (κ3) is 3.21. The van der Waals surface area contributed by atoms with Crippen molar-refractivity contribution in [1.29, 1.82) is 0 Å². The predicted octanol–water partition coefficient (Wildman–Crippen LogP) is 4.53. The molecule has 1 aromatic carbocycles. The lowest BCUT2D eigenvalue weighted by Gasteiger charge is -2.46. The van der Waals surface area contributed by atoms with Gasteiger partial charge in [0.15, 0.2) is 17.3 Å². The summed E-state index contributed by atoms with van der Waals surface area (Å²) in [5.74, 6) is 3.27. The summed E-state index contributed by atoms with van der Waals surface area (Å²) in [6, 6.07) is 4.75. The van der Waals surface area contributed by atoms with E-state index in [0.717, 1.165) is 23.9 Å². The van der Waals surface area contributed by atoms with Crippen molar-refractivity contribution >= 4 is 0 Å². The molecule has 1 unspecified atom stereocenters. The first-order chi connectivity index (χ1) is 13.9. The van der Waals surface area contributed by atoms with Crippen LogP contribution >= 0.6 is 0 Å². The Hall–Kier alpha value is -2.08. The Labute approximate surface area is 172 Å². The molecule has 3 heterocycles. The number of ether oxygens (including phenoxy) is 2. The third-order valence-electron chi connectivity index (χ3n) is 6.83. The normalized spacial score (nSPS) is 23.4. The molecule has 6 nitrogen and oxygen atoms in total. The van der Waals surface area contributed by atoms with Gasteiger partial charge in [-0.1, -0.05) is 38.8 Å². The quantitative estimate of drug-likeness (QED) is 0.742.